The van der Waals surface area contributed by atoms with Gasteiger partial charge in [-0.2, -0.15) is 0 Å². The number of nitrogens with zero attached hydrogens (tertiary/aromatic N) is 2. The molecule has 0 spiro atoms. The number of carbonyl (C=O) groups excluding carboxylic acids is 1. The molecular formula is C15H19N3O2. The molecule has 0 aliphatic heterocycles. The van der Waals surface area contributed by atoms with Gasteiger partial charge in [-0.05, 0) is 12.5 Å². The van der Waals surface area contributed by atoms with Crippen molar-refractivity contribution in [3.63, 3.8) is 0 Å². The van der Waals surface area contributed by atoms with Crippen LogP contribution in [0.15, 0.2) is 49.1 Å². The van der Waals surface area contributed by atoms with Gasteiger partial charge < -0.3 is 15.0 Å². The van der Waals surface area contributed by atoms with Crippen LogP contribution < -0.4 is 5.32 Å². The van der Waals surface area contributed by atoms with E-state index in [0.717, 1.165) is 5.56 Å². The third kappa shape index (κ3) is 3.93. The Balaban J connectivity index is 1.81. The normalized spacial score (nSPS) is 13.7. The maximum atomic E-state index is 11.9. The third-order valence-electron chi connectivity index (χ3n) is 3.15. The molecule has 1 unspecified atom stereocenters. The highest BCUT2D eigenvalue weighted by atomic mass is 16.3. The highest BCUT2D eigenvalue weighted by Gasteiger charge is 2.26. The monoisotopic (exact) mass is 273 g/mol. The van der Waals surface area contributed by atoms with Crippen molar-refractivity contribution in [1.29, 1.82) is 0 Å². The van der Waals surface area contributed by atoms with E-state index in [9.17, 15) is 9.90 Å². The zero-order valence-corrected chi connectivity index (χ0v) is 11.5. The minimum absolute atomic E-state index is 0.0426. The van der Waals surface area contributed by atoms with E-state index in [1.165, 1.54) is 0 Å². The molecule has 2 N–H and O–H groups in total. The molecule has 0 saturated heterocycles. The molecule has 2 rings (SSSR count). The molecule has 0 bridgehead atoms. The zero-order chi connectivity index (χ0) is 14.4. The summed E-state index contributed by atoms with van der Waals surface area (Å²) in [5.74, 6) is -0.168. The standard InChI is InChI=1S/C15H19N3O2/c1-15(20,13-5-3-2-4-6-13)11-14(19)17-8-10-18-9-7-16-12-18/h2-7,9,12,20H,8,10-11H2,1H3,(H,17,19). The number of nitrogens with one attached hydrogen (secondary N) is 1. The van der Waals surface area contributed by atoms with Crippen LogP contribution in [0.4, 0.5) is 0 Å². The fourth-order valence-corrected chi connectivity index (χ4v) is 2.02. The zero-order valence-electron chi connectivity index (χ0n) is 11.5. The fourth-order valence-electron chi connectivity index (χ4n) is 2.02. The average molecular weight is 273 g/mol. The van der Waals surface area contributed by atoms with E-state index < -0.39 is 5.60 Å². The summed E-state index contributed by atoms with van der Waals surface area (Å²) < 4.78 is 1.88. The maximum absolute atomic E-state index is 11.9. The van der Waals surface area contributed by atoms with Gasteiger partial charge in [0.05, 0.1) is 18.3 Å². The Morgan fingerprint density at radius 2 is 2.15 bits per heavy atom. The molecule has 0 aliphatic carbocycles. The molecule has 1 aromatic heterocycles. The van der Waals surface area contributed by atoms with E-state index in [1.807, 2.05) is 41.1 Å². The molecule has 0 fully saturated rings. The minimum Gasteiger partial charge on any atom is -0.385 e. The van der Waals surface area contributed by atoms with Gasteiger partial charge >= 0.3 is 0 Å². The molecule has 106 valence electrons. The van der Waals surface area contributed by atoms with Crippen LogP contribution in [0.3, 0.4) is 0 Å². The van der Waals surface area contributed by atoms with Crippen LogP contribution in [0.1, 0.15) is 18.9 Å². The molecule has 0 radical (unpaired) electrons. The van der Waals surface area contributed by atoms with Gasteiger partial charge in [0.2, 0.25) is 5.91 Å². The Labute approximate surface area is 118 Å². The first-order chi connectivity index (χ1) is 9.58. The van der Waals surface area contributed by atoms with Gasteiger partial charge in [0.1, 0.15) is 0 Å². The summed E-state index contributed by atoms with van der Waals surface area (Å²) in [6, 6.07) is 9.21. The van der Waals surface area contributed by atoms with E-state index in [1.54, 1.807) is 19.4 Å². The Bertz CT molecular complexity index is 536. The molecule has 0 saturated carbocycles. The molecule has 2 aromatic rings. The number of aromatic nitrogens is 2. The van der Waals surface area contributed by atoms with Gasteiger partial charge in [-0.3, -0.25) is 4.79 Å². The summed E-state index contributed by atoms with van der Waals surface area (Å²) in [6.45, 7) is 2.83. The van der Waals surface area contributed by atoms with Crippen LogP contribution >= 0.6 is 0 Å². The van der Waals surface area contributed by atoms with Crippen molar-refractivity contribution in [1.82, 2.24) is 14.9 Å². The highest BCUT2D eigenvalue weighted by molar-refractivity contribution is 5.77. The molecule has 20 heavy (non-hydrogen) atoms. The quantitative estimate of drug-likeness (QED) is 0.833. The summed E-state index contributed by atoms with van der Waals surface area (Å²) >= 11 is 0. The summed E-state index contributed by atoms with van der Waals surface area (Å²) in [7, 11) is 0. The van der Waals surface area contributed by atoms with Gasteiger partial charge in [-0.1, -0.05) is 30.3 Å². The van der Waals surface area contributed by atoms with E-state index in [4.69, 9.17) is 0 Å². The fraction of sp³-hybridized carbons (Fsp3) is 0.333. The van der Waals surface area contributed by atoms with Crippen molar-refractivity contribution >= 4 is 5.91 Å². The summed E-state index contributed by atoms with van der Waals surface area (Å²) in [5.41, 5.74) is -0.412. The van der Waals surface area contributed by atoms with Gasteiger partial charge in [0.15, 0.2) is 0 Å². The summed E-state index contributed by atoms with van der Waals surface area (Å²) in [4.78, 5) is 15.8. The highest BCUT2D eigenvalue weighted by Crippen LogP contribution is 2.23. The lowest BCUT2D eigenvalue weighted by Gasteiger charge is -2.23. The van der Waals surface area contributed by atoms with Crippen molar-refractivity contribution in [3.8, 4) is 0 Å². The van der Waals surface area contributed by atoms with Crippen LogP contribution in [0.25, 0.3) is 0 Å². The number of rotatable bonds is 6. The van der Waals surface area contributed by atoms with Crippen LogP contribution in [0, 0.1) is 0 Å². The van der Waals surface area contributed by atoms with Crippen LogP contribution in [-0.2, 0) is 16.9 Å². The van der Waals surface area contributed by atoms with Crippen LogP contribution in [-0.4, -0.2) is 27.1 Å². The third-order valence-corrected chi connectivity index (χ3v) is 3.15. The first kappa shape index (κ1) is 14.3. The van der Waals surface area contributed by atoms with E-state index in [-0.39, 0.29) is 12.3 Å². The van der Waals surface area contributed by atoms with E-state index in [0.29, 0.717) is 13.1 Å². The number of benzene rings is 1. The second kappa shape index (κ2) is 6.34. The summed E-state index contributed by atoms with van der Waals surface area (Å²) in [6.07, 6.45) is 5.28. The molecule has 1 amide bonds. The first-order valence-corrected chi connectivity index (χ1v) is 6.58. The number of imidazole rings is 1. The van der Waals surface area contributed by atoms with Gasteiger partial charge in [-0.15, -0.1) is 0 Å². The topological polar surface area (TPSA) is 67.2 Å². The number of amides is 1. The molecule has 5 heteroatoms. The lowest BCUT2D eigenvalue weighted by molar-refractivity contribution is -0.125. The summed E-state index contributed by atoms with van der Waals surface area (Å²) in [5, 5.41) is 13.2. The predicted molar refractivity (Wildman–Crippen MR) is 75.9 cm³/mol. The maximum Gasteiger partial charge on any atom is 0.223 e. The Morgan fingerprint density at radius 1 is 1.40 bits per heavy atom. The first-order valence-electron chi connectivity index (χ1n) is 6.58. The van der Waals surface area contributed by atoms with Crippen molar-refractivity contribution in [2.45, 2.75) is 25.5 Å². The second-order valence-corrected chi connectivity index (χ2v) is 4.97. The van der Waals surface area contributed by atoms with Crippen molar-refractivity contribution in [3.05, 3.63) is 54.6 Å². The average Bonchev–Trinajstić information content (AvgIpc) is 2.92. The van der Waals surface area contributed by atoms with Crippen LogP contribution in [0.2, 0.25) is 0 Å². The molecular weight excluding hydrogens is 254 g/mol. The molecule has 1 heterocycles. The SMILES string of the molecule is CC(O)(CC(=O)NCCn1ccnc1)c1ccccc1. The largest absolute Gasteiger partial charge is 0.385 e. The lowest BCUT2D eigenvalue weighted by atomic mass is 9.92. The molecule has 5 nitrogen and oxygen atoms in total. The van der Waals surface area contributed by atoms with Gasteiger partial charge in [0.25, 0.3) is 0 Å². The predicted octanol–water partition coefficient (Wildman–Crippen LogP) is 1.30. The van der Waals surface area contributed by atoms with Gasteiger partial charge in [-0.25, -0.2) is 4.98 Å². The number of hydrogen-bond donors (Lipinski definition) is 2. The van der Waals surface area contributed by atoms with Crippen molar-refractivity contribution < 1.29 is 9.90 Å². The van der Waals surface area contributed by atoms with Gasteiger partial charge in [0, 0.05) is 25.5 Å². The molecule has 0 aliphatic rings. The Morgan fingerprint density at radius 3 is 2.80 bits per heavy atom. The van der Waals surface area contributed by atoms with Crippen molar-refractivity contribution in [2.75, 3.05) is 6.54 Å². The lowest BCUT2D eigenvalue weighted by Crippen LogP contribution is -2.34. The molecule has 1 atom stereocenters. The number of hydrogen-bond acceptors (Lipinski definition) is 3. The number of carbonyl (C=O) groups is 1. The van der Waals surface area contributed by atoms with E-state index in [2.05, 4.69) is 10.3 Å². The number of aliphatic hydroxyl groups is 1. The molecule has 1 aromatic carbocycles. The minimum atomic E-state index is -1.15. The van der Waals surface area contributed by atoms with Crippen LogP contribution in [0.5, 0.6) is 0 Å². The Hall–Kier alpha value is -2.14. The van der Waals surface area contributed by atoms with E-state index >= 15 is 0 Å². The van der Waals surface area contributed by atoms with Crippen molar-refractivity contribution in [2.24, 2.45) is 0 Å². The Kier molecular flexibility index (Phi) is 4.53. The smallest absolute Gasteiger partial charge is 0.223 e. The second-order valence-electron chi connectivity index (χ2n) is 4.97.